The second-order valence-electron chi connectivity index (χ2n) is 11.1. The third-order valence-electron chi connectivity index (χ3n) is 8.17. The van der Waals surface area contributed by atoms with Gasteiger partial charge in [0.2, 0.25) is 5.91 Å². The SMILES string of the molecule is CC(C)C(Nc1cc(C2CC2)ccc1F)C(=O)N1CCC2(CC1)C(=O)N(C)C(=O)N2c1ccc(C(=O)O)cc1. The van der Waals surface area contributed by atoms with E-state index in [0.717, 1.165) is 23.3 Å². The lowest BCUT2D eigenvalue weighted by atomic mass is 9.85. The molecule has 1 unspecified atom stereocenters. The van der Waals surface area contributed by atoms with Crippen molar-refractivity contribution in [2.45, 2.75) is 57.0 Å². The monoisotopic (exact) mass is 536 g/mol. The fraction of sp³-hybridized carbons (Fsp3) is 0.448. The van der Waals surface area contributed by atoms with E-state index < -0.39 is 29.4 Å². The van der Waals surface area contributed by atoms with E-state index in [9.17, 15) is 28.7 Å². The number of hydrogen-bond donors (Lipinski definition) is 2. The van der Waals surface area contributed by atoms with Crippen LogP contribution in [-0.4, -0.2) is 70.4 Å². The molecule has 2 heterocycles. The molecule has 2 aliphatic heterocycles. The van der Waals surface area contributed by atoms with Crippen LogP contribution in [0.5, 0.6) is 0 Å². The number of carboxylic acids is 1. The van der Waals surface area contributed by atoms with Crippen molar-refractivity contribution < 1.29 is 28.7 Å². The van der Waals surface area contributed by atoms with Crippen LogP contribution in [0.15, 0.2) is 42.5 Å². The number of carbonyl (C=O) groups is 4. The molecule has 4 amide bonds. The first kappa shape index (κ1) is 26.6. The van der Waals surface area contributed by atoms with E-state index in [0.29, 0.717) is 17.3 Å². The topological polar surface area (TPSA) is 110 Å². The fourth-order valence-electron chi connectivity index (χ4n) is 5.67. The molecule has 3 fully saturated rings. The summed E-state index contributed by atoms with van der Waals surface area (Å²) in [6.07, 6.45) is 2.63. The summed E-state index contributed by atoms with van der Waals surface area (Å²) in [6.45, 7) is 4.29. The van der Waals surface area contributed by atoms with Crippen molar-refractivity contribution in [1.29, 1.82) is 0 Å². The van der Waals surface area contributed by atoms with E-state index in [1.54, 1.807) is 17.0 Å². The quantitative estimate of drug-likeness (QED) is 0.511. The van der Waals surface area contributed by atoms with Crippen molar-refractivity contribution in [2.24, 2.45) is 5.92 Å². The van der Waals surface area contributed by atoms with Gasteiger partial charge >= 0.3 is 12.0 Å². The second kappa shape index (κ2) is 9.98. The van der Waals surface area contributed by atoms with Crippen LogP contribution >= 0.6 is 0 Å². The molecule has 2 saturated heterocycles. The minimum Gasteiger partial charge on any atom is -0.478 e. The van der Waals surface area contributed by atoms with E-state index in [1.807, 2.05) is 13.8 Å². The largest absolute Gasteiger partial charge is 0.478 e. The number of rotatable bonds is 7. The van der Waals surface area contributed by atoms with Crippen LogP contribution in [0.2, 0.25) is 0 Å². The Kier molecular flexibility index (Phi) is 6.82. The molecule has 10 heteroatoms. The number of carboxylic acid groups (broad SMARTS) is 1. The first-order chi connectivity index (χ1) is 18.5. The average Bonchev–Trinajstić information content (AvgIpc) is 3.75. The van der Waals surface area contributed by atoms with Crippen molar-refractivity contribution >= 4 is 35.2 Å². The second-order valence-corrected chi connectivity index (χ2v) is 11.1. The Morgan fingerprint density at radius 2 is 1.69 bits per heavy atom. The summed E-state index contributed by atoms with van der Waals surface area (Å²) >= 11 is 0. The molecule has 1 aliphatic carbocycles. The first-order valence-corrected chi connectivity index (χ1v) is 13.3. The van der Waals surface area contributed by atoms with Crippen molar-refractivity contribution in [2.75, 3.05) is 30.4 Å². The standard InChI is InChI=1S/C29H33FN4O5/c1-17(2)24(31-23-16-20(18-4-5-18)8-11-22(23)30)25(35)33-14-12-29(13-15-33)27(38)32(3)28(39)34(29)21-9-6-19(7-10-21)26(36)37/h6-11,16-18,24,31H,4-5,12-15H2,1-3H3,(H,36,37). The molecule has 1 atom stereocenters. The number of benzene rings is 2. The van der Waals surface area contributed by atoms with Crippen LogP contribution in [-0.2, 0) is 9.59 Å². The van der Waals surface area contributed by atoms with Crippen molar-refractivity contribution in [1.82, 2.24) is 9.80 Å². The molecule has 206 valence electrons. The molecule has 0 bridgehead atoms. The maximum atomic E-state index is 14.7. The number of nitrogens with zero attached hydrogens (tertiary/aromatic N) is 3. The molecule has 0 aromatic heterocycles. The zero-order valence-electron chi connectivity index (χ0n) is 22.3. The van der Waals surface area contributed by atoms with Gasteiger partial charge in [0.25, 0.3) is 5.91 Å². The zero-order chi connectivity index (χ0) is 28.1. The predicted octanol–water partition coefficient (Wildman–Crippen LogP) is 4.30. The van der Waals surface area contributed by atoms with Gasteiger partial charge in [-0.15, -0.1) is 0 Å². The van der Waals surface area contributed by atoms with Gasteiger partial charge in [0, 0.05) is 25.8 Å². The Morgan fingerprint density at radius 3 is 2.26 bits per heavy atom. The maximum absolute atomic E-state index is 14.7. The molecule has 0 radical (unpaired) electrons. The highest BCUT2D eigenvalue weighted by molar-refractivity contribution is 6.16. The highest BCUT2D eigenvalue weighted by atomic mass is 19.1. The van der Waals surface area contributed by atoms with Gasteiger partial charge in [-0.05, 0) is 79.5 Å². The van der Waals surface area contributed by atoms with Crippen LogP contribution in [0.4, 0.5) is 20.6 Å². The Balaban J connectivity index is 1.34. The zero-order valence-corrected chi connectivity index (χ0v) is 22.3. The van der Waals surface area contributed by atoms with Gasteiger partial charge in [-0.3, -0.25) is 19.4 Å². The lowest BCUT2D eigenvalue weighted by Gasteiger charge is -2.43. The van der Waals surface area contributed by atoms with Crippen LogP contribution in [0.1, 0.15) is 61.4 Å². The number of imide groups is 1. The third-order valence-corrected chi connectivity index (χ3v) is 8.17. The van der Waals surface area contributed by atoms with Gasteiger partial charge in [0.1, 0.15) is 17.4 Å². The van der Waals surface area contributed by atoms with Crippen molar-refractivity contribution in [3.05, 3.63) is 59.4 Å². The minimum absolute atomic E-state index is 0.0749. The van der Waals surface area contributed by atoms with Gasteiger partial charge in [-0.1, -0.05) is 19.9 Å². The number of nitrogens with one attached hydrogen (secondary N) is 1. The van der Waals surface area contributed by atoms with Crippen LogP contribution in [0.25, 0.3) is 0 Å². The Bertz CT molecular complexity index is 1320. The van der Waals surface area contributed by atoms with Crippen molar-refractivity contribution in [3.8, 4) is 0 Å². The molecule has 1 saturated carbocycles. The lowest BCUT2D eigenvalue weighted by molar-refractivity contribution is -0.138. The number of likely N-dealkylation sites (N-methyl/N-ethyl adjacent to an activating group) is 1. The van der Waals surface area contributed by atoms with E-state index >= 15 is 0 Å². The number of amides is 4. The molecule has 1 spiro atoms. The fourth-order valence-corrected chi connectivity index (χ4v) is 5.67. The minimum atomic E-state index is -1.17. The molecule has 2 aromatic carbocycles. The van der Waals surface area contributed by atoms with E-state index in [4.69, 9.17) is 0 Å². The number of hydrogen-bond acceptors (Lipinski definition) is 5. The first-order valence-electron chi connectivity index (χ1n) is 13.3. The van der Waals surface area contributed by atoms with Gasteiger partial charge in [-0.2, -0.15) is 0 Å². The molecular weight excluding hydrogens is 503 g/mol. The summed E-state index contributed by atoms with van der Waals surface area (Å²) in [7, 11) is 1.43. The maximum Gasteiger partial charge on any atom is 0.335 e. The summed E-state index contributed by atoms with van der Waals surface area (Å²) in [6, 6.07) is 9.74. The van der Waals surface area contributed by atoms with E-state index in [2.05, 4.69) is 5.32 Å². The highest BCUT2D eigenvalue weighted by Gasteiger charge is 2.58. The normalized spacial score (nSPS) is 19.7. The number of likely N-dealkylation sites (tertiary alicyclic amines) is 1. The molecule has 3 aliphatic rings. The van der Waals surface area contributed by atoms with Crippen LogP contribution in [0.3, 0.4) is 0 Å². The molecule has 5 rings (SSSR count). The number of aromatic carboxylic acids is 1. The van der Waals surface area contributed by atoms with Gasteiger partial charge in [-0.25, -0.2) is 14.0 Å². The Hall–Kier alpha value is -3.95. The number of carbonyl (C=O) groups excluding carboxylic acids is 3. The number of urea groups is 1. The predicted molar refractivity (Wildman–Crippen MR) is 143 cm³/mol. The Morgan fingerprint density at radius 1 is 1.05 bits per heavy atom. The van der Waals surface area contributed by atoms with Crippen molar-refractivity contribution in [3.63, 3.8) is 0 Å². The molecule has 2 aromatic rings. The van der Waals surface area contributed by atoms with Gasteiger partial charge in [0.15, 0.2) is 0 Å². The lowest BCUT2D eigenvalue weighted by Crippen LogP contribution is -2.59. The number of halogens is 1. The summed E-state index contributed by atoms with van der Waals surface area (Å²) < 4.78 is 14.7. The number of anilines is 2. The van der Waals surface area contributed by atoms with Gasteiger partial charge in [0.05, 0.1) is 11.3 Å². The molecule has 9 nitrogen and oxygen atoms in total. The summed E-state index contributed by atoms with van der Waals surface area (Å²) in [5, 5.41) is 12.4. The average molecular weight is 537 g/mol. The van der Waals surface area contributed by atoms with Crippen LogP contribution < -0.4 is 10.2 Å². The van der Waals surface area contributed by atoms with Gasteiger partial charge < -0.3 is 15.3 Å². The van der Waals surface area contributed by atoms with E-state index in [-0.39, 0.29) is 49.2 Å². The summed E-state index contributed by atoms with van der Waals surface area (Å²) in [4.78, 5) is 55.6. The third kappa shape index (κ3) is 4.72. The summed E-state index contributed by atoms with van der Waals surface area (Å²) in [5.74, 6) is -1.69. The van der Waals surface area contributed by atoms with Crippen LogP contribution in [0, 0.1) is 11.7 Å². The van der Waals surface area contributed by atoms with E-state index in [1.165, 1.54) is 42.3 Å². The Labute approximate surface area is 226 Å². The molecule has 39 heavy (non-hydrogen) atoms. The summed E-state index contributed by atoms with van der Waals surface area (Å²) in [5.41, 5.74) is 0.715. The smallest absolute Gasteiger partial charge is 0.335 e. The molecular formula is C29H33FN4O5. The highest BCUT2D eigenvalue weighted by Crippen LogP contribution is 2.42. The number of piperidine rings is 1. The molecule has 2 N–H and O–H groups in total.